The summed E-state index contributed by atoms with van der Waals surface area (Å²) in [5, 5.41) is 0. The van der Waals surface area contributed by atoms with E-state index in [-0.39, 0.29) is 17.4 Å². The van der Waals surface area contributed by atoms with E-state index in [0.717, 1.165) is 0 Å². The molecule has 1 saturated heterocycles. The molecule has 0 radical (unpaired) electrons. The zero-order chi connectivity index (χ0) is 13.7. The first-order valence-corrected chi connectivity index (χ1v) is 6.19. The molecule has 2 atom stereocenters. The van der Waals surface area contributed by atoms with Gasteiger partial charge in [-0.15, -0.1) is 0 Å². The first-order valence-electron chi connectivity index (χ1n) is 5.78. The summed E-state index contributed by atoms with van der Waals surface area (Å²) >= 11 is 4.87. The van der Waals surface area contributed by atoms with E-state index in [1.165, 1.54) is 7.11 Å². The third-order valence-corrected chi connectivity index (χ3v) is 3.18. The molecule has 1 aliphatic rings. The van der Waals surface area contributed by atoms with Crippen LogP contribution in [0.3, 0.4) is 0 Å². The summed E-state index contributed by atoms with van der Waals surface area (Å²) in [6.45, 7) is 2.77. The summed E-state index contributed by atoms with van der Waals surface area (Å²) in [6.07, 6.45) is -0.175. The van der Waals surface area contributed by atoms with Crippen LogP contribution >= 0.6 is 12.2 Å². The van der Waals surface area contributed by atoms with Crippen molar-refractivity contribution >= 4 is 29.1 Å². The van der Waals surface area contributed by atoms with Gasteiger partial charge in [-0.05, 0) is 6.42 Å². The molecule has 1 aliphatic heterocycles. The molecule has 18 heavy (non-hydrogen) atoms. The fourth-order valence-electron chi connectivity index (χ4n) is 1.84. The van der Waals surface area contributed by atoms with Crippen LogP contribution in [0.4, 0.5) is 0 Å². The minimum absolute atomic E-state index is 0.151. The highest BCUT2D eigenvalue weighted by Gasteiger charge is 2.33. The van der Waals surface area contributed by atoms with Gasteiger partial charge in [-0.2, -0.15) is 0 Å². The Bertz CT molecular complexity index is 348. The molecule has 0 aromatic rings. The van der Waals surface area contributed by atoms with Crippen molar-refractivity contribution in [3.8, 4) is 0 Å². The molecule has 102 valence electrons. The molecule has 1 amide bonds. The van der Waals surface area contributed by atoms with Gasteiger partial charge in [0.05, 0.1) is 31.2 Å². The van der Waals surface area contributed by atoms with Gasteiger partial charge in [0.1, 0.15) is 0 Å². The molecule has 0 aromatic heterocycles. The number of rotatable bonds is 4. The summed E-state index contributed by atoms with van der Waals surface area (Å²) in [5.41, 5.74) is 5.54. The van der Waals surface area contributed by atoms with Crippen LogP contribution in [0, 0.1) is 5.92 Å². The fraction of sp³-hybridized carbons (Fsp3) is 0.727. The number of carbonyl (C=O) groups excluding carboxylic acids is 2. The van der Waals surface area contributed by atoms with Gasteiger partial charge in [0.15, 0.2) is 6.10 Å². The average Bonchev–Trinajstić information content (AvgIpc) is 2.38. The van der Waals surface area contributed by atoms with Gasteiger partial charge in [0, 0.05) is 6.54 Å². The molecule has 1 heterocycles. The van der Waals surface area contributed by atoms with Crippen LogP contribution in [0.1, 0.15) is 13.3 Å². The second-order valence-electron chi connectivity index (χ2n) is 4.03. The van der Waals surface area contributed by atoms with E-state index < -0.39 is 18.0 Å². The van der Waals surface area contributed by atoms with Gasteiger partial charge < -0.3 is 20.1 Å². The van der Waals surface area contributed by atoms with E-state index in [0.29, 0.717) is 19.6 Å². The quantitative estimate of drug-likeness (QED) is 0.560. The lowest BCUT2D eigenvalue weighted by Crippen LogP contribution is -2.51. The lowest BCUT2D eigenvalue weighted by molar-refractivity contribution is -0.163. The highest BCUT2D eigenvalue weighted by molar-refractivity contribution is 7.80. The number of esters is 1. The van der Waals surface area contributed by atoms with Crippen LogP contribution in [0.5, 0.6) is 0 Å². The number of morpholine rings is 1. The lowest BCUT2D eigenvalue weighted by Gasteiger charge is -2.33. The van der Waals surface area contributed by atoms with Crippen LogP contribution in [0.2, 0.25) is 0 Å². The number of nitrogens with zero attached hydrogens (tertiary/aromatic N) is 1. The maximum atomic E-state index is 12.2. The maximum Gasteiger partial charge on any atom is 0.336 e. The predicted molar refractivity (Wildman–Crippen MR) is 68.9 cm³/mol. The van der Waals surface area contributed by atoms with Gasteiger partial charge in [-0.25, -0.2) is 4.79 Å². The summed E-state index contributed by atoms with van der Waals surface area (Å²) in [6, 6.07) is 0. The Morgan fingerprint density at radius 3 is 2.78 bits per heavy atom. The van der Waals surface area contributed by atoms with Crippen LogP contribution in [0.15, 0.2) is 0 Å². The van der Waals surface area contributed by atoms with E-state index in [4.69, 9.17) is 22.7 Å². The summed E-state index contributed by atoms with van der Waals surface area (Å²) in [4.78, 5) is 25.3. The summed E-state index contributed by atoms with van der Waals surface area (Å²) in [5.74, 6) is -1.10. The smallest absolute Gasteiger partial charge is 0.336 e. The normalized spacial score (nSPS) is 21.2. The zero-order valence-corrected chi connectivity index (χ0v) is 11.4. The third-order valence-electron chi connectivity index (χ3n) is 2.89. The molecule has 1 rings (SSSR count). The molecule has 0 saturated carbocycles. The third kappa shape index (κ3) is 3.39. The monoisotopic (exact) mass is 274 g/mol. The van der Waals surface area contributed by atoms with Gasteiger partial charge in [-0.3, -0.25) is 4.79 Å². The van der Waals surface area contributed by atoms with Crippen molar-refractivity contribution in [1.82, 2.24) is 4.90 Å². The zero-order valence-electron chi connectivity index (χ0n) is 10.5. The number of hydrogen-bond donors (Lipinski definition) is 1. The molecule has 2 unspecified atom stereocenters. The molecule has 0 aliphatic carbocycles. The van der Waals surface area contributed by atoms with Crippen LogP contribution in [-0.4, -0.2) is 54.7 Å². The van der Waals surface area contributed by atoms with Crippen molar-refractivity contribution < 1.29 is 19.1 Å². The van der Waals surface area contributed by atoms with Crippen molar-refractivity contribution in [3.63, 3.8) is 0 Å². The highest BCUT2D eigenvalue weighted by atomic mass is 32.1. The first-order chi connectivity index (χ1) is 8.51. The number of amides is 1. The summed E-state index contributed by atoms with van der Waals surface area (Å²) in [7, 11) is 1.29. The highest BCUT2D eigenvalue weighted by Crippen LogP contribution is 2.13. The number of methoxy groups -OCH3 is 1. The maximum absolute atomic E-state index is 12.2. The number of hydrogen-bond acceptors (Lipinski definition) is 5. The molecule has 0 aromatic carbocycles. The number of ether oxygens (including phenoxy) is 2. The molecule has 0 spiro atoms. The van der Waals surface area contributed by atoms with Crippen LogP contribution < -0.4 is 5.73 Å². The molecule has 6 nitrogen and oxygen atoms in total. The standard InChI is InChI=1S/C11H18N2O4S/c1-3-7(9(12)18)10(14)13-4-5-17-8(6-13)11(15)16-2/h7-8H,3-6H2,1-2H3,(H2,12,18). The van der Waals surface area contributed by atoms with E-state index in [2.05, 4.69) is 4.74 Å². The molecule has 7 heteroatoms. The molecule has 1 fully saturated rings. The van der Waals surface area contributed by atoms with E-state index in [9.17, 15) is 9.59 Å². The van der Waals surface area contributed by atoms with E-state index >= 15 is 0 Å². The Labute approximate surface area is 111 Å². The molecular formula is C11H18N2O4S. The predicted octanol–water partition coefficient (Wildman–Crippen LogP) is -0.301. The largest absolute Gasteiger partial charge is 0.467 e. The van der Waals surface area contributed by atoms with Gasteiger partial charge in [0.2, 0.25) is 5.91 Å². The number of thiocarbonyl (C=S) groups is 1. The van der Waals surface area contributed by atoms with Crippen LogP contribution in [0.25, 0.3) is 0 Å². The van der Waals surface area contributed by atoms with Crippen molar-refractivity contribution in [2.45, 2.75) is 19.4 Å². The minimum Gasteiger partial charge on any atom is -0.467 e. The van der Waals surface area contributed by atoms with Gasteiger partial charge in [-0.1, -0.05) is 19.1 Å². The lowest BCUT2D eigenvalue weighted by atomic mass is 10.0. The Hall–Kier alpha value is -1.21. The van der Waals surface area contributed by atoms with Crippen molar-refractivity contribution in [1.29, 1.82) is 0 Å². The SMILES string of the molecule is CCC(C(=O)N1CCOC(C(=O)OC)C1)C(N)=S. The molecular weight excluding hydrogens is 256 g/mol. The van der Waals surface area contributed by atoms with Crippen molar-refractivity contribution in [2.75, 3.05) is 26.8 Å². The fourth-order valence-corrected chi connectivity index (χ4v) is 2.11. The van der Waals surface area contributed by atoms with Crippen molar-refractivity contribution in [2.24, 2.45) is 11.7 Å². The topological polar surface area (TPSA) is 81.9 Å². The minimum atomic E-state index is -0.725. The average molecular weight is 274 g/mol. The van der Waals surface area contributed by atoms with Gasteiger partial charge in [0.25, 0.3) is 0 Å². The first kappa shape index (κ1) is 14.8. The van der Waals surface area contributed by atoms with E-state index in [1.807, 2.05) is 6.92 Å². The Morgan fingerprint density at radius 1 is 1.61 bits per heavy atom. The van der Waals surface area contributed by atoms with E-state index in [1.54, 1.807) is 4.90 Å². The Kier molecular flexibility index (Phi) is 5.49. The van der Waals surface area contributed by atoms with Crippen LogP contribution in [-0.2, 0) is 19.1 Å². The molecule has 0 bridgehead atoms. The molecule has 2 N–H and O–H groups in total. The number of carbonyl (C=O) groups is 2. The second kappa shape index (κ2) is 6.65. The van der Waals surface area contributed by atoms with Gasteiger partial charge >= 0.3 is 5.97 Å². The Morgan fingerprint density at radius 2 is 2.28 bits per heavy atom. The van der Waals surface area contributed by atoms with Crippen molar-refractivity contribution in [3.05, 3.63) is 0 Å². The number of nitrogens with two attached hydrogens (primary N) is 1. The second-order valence-corrected chi connectivity index (χ2v) is 4.50. The summed E-state index contributed by atoms with van der Waals surface area (Å²) < 4.78 is 9.85. The Balaban J connectivity index is 2.68.